The summed E-state index contributed by atoms with van der Waals surface area (Å²) < 4.78 is 0. The van der Waals surface area contributed by atoms with Crippen LogP contribution < -0.4 is 4.90 Å². The highest BCUT2D eigenvalue weighted by Crippen LogP contribution is 2.23. The molecule has 0 unspecified atom stereocenters. The first-order valence-electron chi connectivity index (χ1n) is 9.46. The fourth-order valence-electron chi connectivity index (χ4n) is 3.98. The average molecular weight is 343 g/mol. The molecule has 0 radical (unpaired) electrons. The standard InChI is InChI=1S/C20H29N3O2/c1-3-22(17-9-12-21(2)13-10-17)20(25)15-16-6-4-7-18(14-16)23-11-5-8-19(23)24/h4,6-7,14,17H,3,5,8-13,15H2,1-2H3. The molecule has 0 aromatic heterocycles. The van der Waals surface area contributed by atoms with Gasteiger partial charge in [0.15, 0.2) is 0 Å². The van der Waals surface area contributed by atoms with E-state index in [1.54, 1.807) is 0 Å². The predicted octanol–water partition coefficient (Wildman–Crippen LogP) is 2.30. The summed E-state index contributed by atoms with van der Waals surface area (Å²) in [5, 5.41) is 0. The molecule has 2 aliphatic rings. The molecule has 0 saturated carbocycles. The normalized spacial score (nSPS) is 19.4. The van der Waals surface area contributed by atoms with E-state index in [9.17, 15) is 9.59 Å². The number of hydrogen-bond acceptors (Lipinski definition) is 3. The topological polar surface area (TPSA) is 43.9 Å². The van der Waals surface area contributed by atoms with Gasteiger partial charge in [0.05, 0.1) is 6.42 Å². The molecule has 0 N–H and O–H groups in total. The minimum absolute atomic E-state index is 0.185. The molecule has 1 aromatic carbocycles. The van der Waals surface area contributed by atoms with Gasteiger partial charge in [-0.05, 0) is 64.0 Å². The lowest BCUT2D eigenvalue weighted by molar-refractivity contribution is -0.133. The van der Waals surface area contributed by atoms with Gasteiger partial charge in [-0.1, -0.05) is 12.1 Å². The summed E-state index contributed by atoms with van der Waals surface area (Å²) in [6.07, 6.45) is 4.07. The number of piperidine rings is 1. The van der Waals surface area contributed by atoms with Crippen molar-refractivity contribution in [3.63, 3.8) is 0 Å². The van der Waals surface area contributed by atoms with E-state index in [0.29, 0.717) is 18.9 Å². The molecule has 2 fully saturated rings. The number of carbonyl (C=O) groups excluding carboxylic acids is 2. The van der Waals surface area contributed by atoms with Gasteiger partial charge < -0.3 is 14.7 Å². The molecular weight excluding hydrogens is 314 g/mol. The van der Waals surface area contributed by atoms with Gasteiger partial charge in [-0.3, -0.25) is 9.59 Å². The lowest BCUT2D eigenvalue weighted by Gasteiger charge is -2.37. The third-order valence-corrected chi connectivity index (χ3v) is 5.44. The van der Waals surface area contributed by atoms with Crippen LogP contribution in [0.1, 0.15) is 38.2 Å². The molecule has 2 heterocycles. The maximum Gasteiger partial charge on any atom is 0.227 e. The van der Waals surface area contributed by atoms with E-state index in [2.05, 4.69) is 18.9 Å². The highest BCUT2D eigenvalue weighted by Gasteiger charge is 2.26. The van der Waals surface area contributed by atoms with Crippen molar-refractivity contribution in [2.24, 2.45) is 0 Å². The van der Waals surface area contributed by atoms with Crippen molar-refractivity contribution < 1.29 is 9.59 Å². The van der Waals surface area contributed by atoms with E-state index in [4.69, 9.17) is 0 Å². The Balaban J connectivity index is 1.66. The van der Waals surface area contributed by atoms with E-state index in [1.807, 2.05) is 34.1 Å². The van der Waals surface area contributed by atoms with E-state index in [1.165, 1.54) is 0 Å². The van der Waals surface area contributed by atoms with Gasteiger partial charge in [0.2, 0.25) is 11.8 Å². The van der Waals surface area contributed by atoms with Gasteiger partial charge >= 0.3 is 0 Å². The summed E-state index contributed by atoms with van der Waals surface area (Å²) in [6.45, 7) is 5.72. The van der Waals surface area contributed by atoms with E-state index >= 15 is 0 Å². The smallest absolute Gasteiger partial charge is 0.227 e. The van der Waals surface area contributed by atoms with Crippen LogP contribution in [0, 0.1) is 0 Å². The number of benzene rings is 1. The van der Waals surface area contributed by atoms with Gasteiger partial charge in [0, 0.05) is 31.2 Å². The van der Waals surface area contributed by atoms with Gasteiger partial charge in [-0.2, -0.15) is 0 Å². The Bertz CT molecular complexity index is 623. The zero-order valence-corrected chi connectivity index (χ0v) is 15.4. The first kappa shape index (κ1) is 17.9. The van der Waals surface area contributed by atoms with Crippen LogP contribution in [0.2, 0.25) is 0 Å². The molecule has 2 amide bonds. The van der Waals surface area contributed by atoms with Crippen molar-refractivity contribution in [3.8, 4) is 0 Å². The predicted molar refractivity (Wildman–Crippen MR) is 99.6 cm³/mol. The molecule has 5 nitrogen and oxygen atoms in total. The van der Waals surface area contributed by atoms with Crippen LogP contribution in [0.3, 0.4) is 0 Å². The number of rotatable bonds is 5. The number of amides is 2. The maximum absolute atomic E-state index is 12.9. The van der Waals surface area contributed by atoms with Crippen LogP contribution >= 0.6 is 0 Å². The molecule has 136 valence electrons. The van der Waals surface area contributed by atoms with Crippen LogP contribution in [-0.2, 0) is 16.0 Å². The Kier molecular flexibility index (Phi) is 5.74. The van der Waals surface area contributed by atoms with Crippen LogP contribution in [0.15, 0.2) is 24.3 Å². The van der Waals surface area contributed by atoms with E-state index in [-0.39, 0.29) is 11.8 Å². The summed E-state index contributed by atoms with van der Waals surface area (Å²) >= 11 is 0. The van der Waals surface area contributed by atoms with Crippen molar-refractivity contribution in [3.05, 3.63) is 29.8 Å². The SMILES string of the molecule is CCN(C(=O)Cc1cccc(N2CCCC2=O)c1)C1CCN(C)CC1. The van der Waals surface area contributed by atoms with Gasteiger partial charge in [-0.25, -0.2) is 0 Å². The zero-order chi connectivity index (χ0) is 17.8. The van der Waals surface area contributed by atoms with Crippen molar-refractivity contribution in [1.82, 2.24) is 9.80 Å². The lowest BCUT2D eigenvalue weighted by atomic mass is 10.0. The fourth-order valence-corrected chi connectivity index (χ4v) is 3.98. The largest absolute Gasteiger partial charge is 0.340 e. The Labute approximate surface area is 150 Å². The van der Waals surface area contributed by atoms with Crippen molar-refractivity contribution in [1.29, 1.82) is 0 Å². The van der Waals surface area contributed by atoms with Crippen LogP contribution in [0.25, 0.3) is 0 Å². The Morgan fingerprint density at radius 2 is 2.00 bits per heavy atom. The number of likely N-dealkylation sites (tertiary alicyclic amines) is 1. The zero-order valence-electron chi connectivity index (χ0n) is 15.4. The number of anilines is 1. The third-order valence-electron chi connectivity index (χ3n) is 5.44. The van der Waals surface area contributed by atoms with Gasteiger partial charge in [-0.15, -0.1) is 0 Å². The second kappa shape index (κ2) is 8.00. The van der Waals surface area contributed by atoms with Crippen molar-refractivity contribution in [2.75, 3.05) is 38.1 Å². The molecule has 3 rings (SSSR count). The second-order valence-electron chi connectivity index (χ2n) is 7.21. The number of hydrogen-bond donors (Lipinski definition) is 0. The first-order chi connectivity index (χ1) is 12.1. The van der Waals surface area contributed by atoms with E-state index < -0.39 is 0 Å². The molecule has 0 atom stereocenters. The number of carbonyl (C=O) groups is 2. The minimum Gasteiger partial charge on any atom is -0.340 e. The molecular formula is C20H29N3O2. The quantitative estimate of drug-likeness (QED) is 0.824. The monoisotopic (exact) mass is 343 g/mol. The number of nitrogens with zero attached hydrogens (tertiary/aromatic N) is 3. The Hall–Kier alpha value is -1.88. The van der Waals surface area contributed by atoms with E-state index in [0.717, 1.165) is 56.7 Å². The average Bonchev–Trinajstić information content (AvgIpc) is 3.03. The maximum atomic E-state index is 12.9. The molecule has 2 saturated heterocycles. The molecule has 5 heteroatoms. The van der Waals surface area contributed by atoms with Crippen molar-refractivity contribution in [2.45, 2.75) is 45.1 Å². The summed E-state index contributed by atoms with van der Waals surface area (Å²) in [7, 11) is 2.14. The first-order valence-corrected chi connectivity index (χ1v) is 9.46. The van der Waals surface area contributed by atoms with Crippen molar-refractivity contribution >= 4 is 17.5 Å². The van der Waals surface area contributed by atoms with Gasteiger partial charge in [0.1, 0.15) is 0 Å². The second-order valence-corrected chi connectivity index (χ2v) is 7.21. The Morgan fingerprint density at radius 3 is 2.64 bits per heavy atom. The summed E-state index contributed by atoms with van der Waals surface area (Å²) in [6, 6.07) is 8.27. The molecule has 1 aromatic rings. The highest BCUT2D eigenvalue weighted by atomic mass is 16.2. The van der Waals surface area contributed by atoms with Crippen LogP contribution in [0.5, 0.6) is 0 Å². The highest BCUT2D eigenvalue weighted by molar-refractivity contribution is 5.95. The number of likely N-dealkylation sites (N-methyl/N-ethyl adjacent to an activating group) is 1. The molecule has 0 spiro atoms. The summed E-state index contributed by atoms with van der Waals surface area (Å²) in [5.74, 6) is 0.381. The van der Waals surface area contributed by atoms with Gasteiger partial charge in [0.25, 0.3) is 0 Å². The molecule has 0 bridgehead atoms. The fraction of sp³-hybridized carbons (Fsp3) is 0.600. The lowest BCUT2D eigenvalue weighted by Crippen LogP contribution is -2.47. The molecule has 2 aliphatic heterocycles. The summed E-state index contributed by atoms with van der Waals surface area (Å²) in [5.41, 5.74) is 1.92. The Morgan fingerprint density at radius 1 is 1.24 bits per heavy atom. The molecule has 25 heavy (non-hydrogen) atoms. The molecule has 0 aliphatic carbocycles. The van der Waals surface area contributed by atoms with Crippen LogP contribution in [-0.4, -0.2) is 60.9 Å². The van der Waals surface area contributed by atoms with Crippen LogP contribution in [0.4, 0.5) is 5.69 Å². The third kappa shape index (κ3) is 4.21. The summed E-state index contributed by atoms with van der Waals surface area (Å²) in [4.78, 5) is 31.0. The minimum atomic E-state index is 0.185.